The van der Waals surface area contributed by atoms with E-state index in [1.807, 2.05) is 0 Å². The molecular weight excluding hydrogens is 242 g/mol. The van der Waals surface area contributed by atoms with Gasteiger partial charge in [0.25, 0.3) is 0 Å². The summed E-state index contributed by atoms with van der Waals surface area (Å²) >= 11 is 0. The van der Waals surface area contributed by atoms with Crippen molar-refractivity contribution in [1.29, 1.82) is 0 Å². The molecule has 1 amide bonds. The summed E-state index contributed by atoms with van der Waals surface area (Å²) in [4.78, 5) is 13.7. The number of likely N-dealkylation sites (tertiary alicyclic amines) is 1. The average Bonchev–Trinajstić information content (AvgIpc) is 2.87. The molecule has 1 aromatic rings. The van der Waals surface area contributed by atoms with Gasteiger partial charge in [0.05, 0.1) is 6.10 Å². The number of hydrogen-bond donors (Lipinski definition) is 2. The Kier molecular flexibility index (Phi) is 4.22. The van der Waals surface area contributed by atoms with E-state index in [0.29, 0.717) is 13.1 Å². The van der Waals surface area contributed by atoms with Gasteiger partial charge >= 0.3 is 0 Å². The second kappa shape index (κ2) is 5.89. The Hall–Kier alpha value is -1.81. The van der Waals surface area contributed by atoms with E-state index >= 15 is 0 Å². The summed E-state index contributed by atoms with van der Waals surface area (Å²) in [7, 11) is 0. The summed E-state index contributed by atoms with van der Waals surface area (Å²) in [5.41, 5.74) is 0.873. The molecule has 1 heterocycles. The number of carbonyl (C=O) groups is 1. The third kappa shape index (κ3) is 3.58. The van der Waals surface area contributed by atoms with Crippen molar-refractivity contribution >= 4 is 12.0 Å². The first-order chi connectivity index (χ1) is 9.06. The Bertz CT molecular complexity index is 465. The van der Waals surface area contributed by atoms with E-state index in [1.165, 1.54) is 6.08 Å². The highest BCUT2D eigenvalue weighted by molar-refractivity contribution is 5.91. The molecular formula is C15H19NO3. The van der Waals surface area contributed by atoms with Crippen LogP contribution in [0.25, 0.3) is 6.08 Å². The maximum atomic E-state index is 12.0. The van der Waals surface area contributed by atoms with Crippen LogP contribution in [-0.4, -0.2) is 40.2 Å². The van der Waals surface area contributed by atoms with Crippen LogP contribution in [0.1, 0.15) is 18.9 Å². The highest BCUT2D eigenvalue weighted by Gasteiger charge is 2.27. The lowest BCUT2D eigenvalue weighted by atomic mass is 10.0. The molecule has 0 aliphatic carbocycles. The fourth-order valence-corrected chi connectivity index (χ4v) is 2.24. The van der Waals surface area contributed by atoms with E-state index in [-0.39, 0.29) is 23.7 Å². The van der Waals surface area contributed by atoms with Crippen LogP contribution in [-0.2, 0) is 4.79 Å². The lowest BCUT2D eigenvalue weighted by Crippen LogP contribution is -2.28. The maximum absolute atomic E-state index is 12.0. The number of nitrogens with zero attached hydrogens (tertiary/aromatic N) is 1. The number of carbonyl (C=O) groups excluding carboxylic acids is 1. The predicted octanol–water partition coefficient (Wildman–Crippen LogP) is 1.63. The van der Waals surface area contributed by atoms with Crippen LogP contribution in [0.4, 0.5) is 0 Å². The SMILES string of the molecule is CC(O)C1CCN(C(=O)/C=C/c2ccc(O)cc2)C1. The van der Waals surface area contributed by atoms with Crippen LogP contribution in [0.3, 0.4) is 0 Å². The molecule has 2 rings (SSSR count). The highest BCUT2D eigenvalue weighted by Crippen LogP contribution is 2.20. The van der Waals surface area contributed by atoms with Crippen molar-refractivity contribution < 1.29 is 15.0 Å². The molecule has 0 aromatic heterocycles. The van der Waals surface area contributed by atoms with Crippen molar-refractivity contribution in [1.82, 2.24) is 4.90 Å². The molecule has 1 aliphatic heterocycles. The van der Waals surface area contributed by atoms with Gasteiger partial charge in [0.2, 0.25) is 5.91 Å². The molecule has 1 aliphatic rings. The monoisotopic (exact) mass is 261 g/mol. The first-order valence-corrected chi connectivity index (χ1v) is 6.50. The number of hydrogen-bond acceptors (Lipinski definition) is 3. The zero-order valence-electron chi connectivity index (χ0n) is 11.0. The second-order valence-electron chi connectivity index (χ2n) is 5.00. The average molecular weight is 261 g/mol. The smallest absolute Gasteiger partial charge is 0.246 e. The minimum atomic E-state index is -0.362. The van der Waals surface area contributed by atoms with Crippen LogP contribution >= 0.6 is 0 Å². The number of aromatic hydroxyl groups is 1. The molecule has 0 radical (unpaired) electrons. The molecule has 2 N–H and O–H groups in total. The number of amides is 1. The Labute approximate surface area is 113 Å². The third-order valence-corrected chi connectivity index (χ3v) is 3.53. The molecule has 19 heavy (non-hydrogen) atoms. The zero-order chi connectivity index (χ0) is 13.8. The normalized spacial score (nSPS) is 20.9. The molecule has 4 nitrogen and oxygen atoms in total. The summed E-state index contributed by atoms with van der Waals surface area (Å²) in [5.74, 6) is 0.366. The van der Waals surface area contributed by atoms with Gasteiger partial charge in [-0.1, -0.05) is 12.1 Å². The van der Waals surface area contributed by atoms with E-state index in [4.69, 9.17) is 5.11 Å². The van der Waals surface area contributed by atoms with Gasteiger partial charge in [0.1, 0.15) is 5.75 Å². The Morgan fingerprint density at radius 1 is 1.42 bits per heavy atom. The Morgan fingerprint density at radius 2 is 2.11 bits per heavy atom. The molecule has 2 atom stereocenters. The Balaban J connectivity index is 1.93. The molecule has 0 bridgehead atoms. The summed E-state index contributed by atoms with van der Waals surface area (Å²) in [6.45, 7) is 3.09. The van der Waals surface area contributed by atoms with Crippen molar-refractivity contribution in [3.63, 3.8) is 0 Å². The number of aliphatic hydroxyl groups is 1. The van der Waals surface area contributed by atoms with E-state index in [1.54, 1.807) is 42.2 Å². The molecule has 1 saturated heterocycles. The molecule has 0 spiro atoms. The number of phenols is 1. The van der Waals surface area contributed by atoms with E-state index in [0.717, 1.165) is 12.0 Å². The lowest BCUT2D eigenvalue weighted by Gasteiger charge is -2.15. The van der Waals surface area contributed by atoms with Gasteiger partial charge in [0.15, 0.2) is 0 Å². The standard InChI is InChI=1S/C15H19NO3/c1-11(17)13-8-9-16(10-13)15(19)7-4-12-2-5-14(18)6-3-12/h2-7,11,13,17-18H,8-10H2,1H3/b7-4+. The van der Waals surface area contributed by atoms with Crippen LogP contribution in [0.2, 0.25) is 0 Å². The molecule has 1 fully saturated rings. The topological polar surface area (TPSA) is 60.8 Å². The second-order valence-corrected chi connectivity index (χ2v) is 5.00. The summed E-state index contributed by atoms with van der Waals surface area (Å²) in [5, 5.41) is 18.7. The number of aliphatic hydroxyl groups excluding tert-OH is 1. The highest BCUT2D eigenvalue weighted by atomic mass is 16.3. The molecule has 1 aromatic carbocycles. The van der Waals surface area contributed by atoms with Gasteiger partial charge in [-0.2, -0.15) is 0 Å². The number of phenolic OH excluding ortho intramolecular Hbond substituents is 1. The predicted molar refractivity (Wildman–Crippen MR) is 73.5 cm³/mol. The summed E-state index contributed by atoms with van der Waals surface area (Å²) in [6.07, 6.45) is 3.77. The van der Waals surface area contributed by atoms with Crippen LogP contribution < -0.4 is 0 Å². The fraction of sp³-hybridized carbons (Fsp3) is 0.400. The fourth-order valence-electron chi connectivity index (χ4n) is 2.24. The van der Waals surface area contributed by atoms with Gasteiger partial charge in [-0.3, -0.25) is 4.79 Å². The van der Waals surface area contributed by atoms with Gasteiger partial charge in [0, 0.05) is 25.1 Å². The van der Waals surface area contributed by atoms with Crippen molar-refractivity contribution in [2.45, 2.75) is 19.4 Å². The maximum Gasteiger partial charge on any atom is 0.246 e. The minimum absolute atomic E-state index is 0.0313. The molecule has 102 valence electrons. The minimum Gasteiger partial charge on any atom is -0.508 e. The van der Waals surface area contributed by atoms with Crippen molar-refractivity contribution in [2.75, 3.05) is 13.1 Å². The Morgan fingerprint density at radius 3 is 2.68 bits per heavy atom. The van der Waals surface area contributed by atoms with Crippen molar-refractivity contribution in [3.8, 4) is 5.75 Å². The van der Waals surface area contributed by atoms with Gasteiger partial charge in [-0.05, 0) is 37.1 Å². The molecule has 2 unspecified atom stereocenters. The summed E-state index contributed by atoms with van der Waals surface area (Å²) < 4.78 is 0. The van der Waals surface area contributed by atoms with E-state index in [2.05, 4.69) is 0 Å². The van der Waals surface area contributed by atoms with Crippen molar-refractivity contribution in [3.05, 3.63) is 35.9 Å². The van der Waals surface area contributed by atoms with Crippen molar-refractivity contribution in [2.24, 2.45) is 5.92 Å². The number of benzene rings is 1. The van der Waals surface area contributed by atoms with E-state index in [9.17, 15) is 9.90 Å². The van der Waals surface area contributed by atoms with Gasteiger partial charge < -0.3 is 15.1 Å². The largest absolute Gasteiger partial charge is 0.508 e. The van der Waals surface area contributed by atoms with Gasteiger partial charge in [-0.15, -0.1) is 0 Å². The third-order valence-electron chi connectivity index (χ3n) is 3.53. The first-order valence-electron chi connectivity index (χ1n) is 6.50. The zero-order valence-corrected chi connectivity index (χ0v) is 11.0. The van der Waals surface area contributed by atoms with Crippen LogP contribution in [0.15, 0.2) is 30.3 Å². The van der Waals surface area contributed by atoms with Crippen LogP contribution in [0, 0.1) is 5.92 Å². The quantitative estimate of drug-likeness (QED) is 0.813. The van der Waals surface area contributed by atoms with Gasteiger partial charge in [-0.25, -0.2) is 0 Å². The molecule has 0 saturated carbocycles. The lowest BCUT2D eigenvalue weighted by molar-refractivity contribution is -0.125. The summed E-state index contributed by atoms with van der Waals surface area (Å²) in [6, 6.07) is 6.68. The van der Waals surface area contributed by atoms with E-state index < -0.39 is 0 Å². The first kappa shape index (κ1) is 13.6. The number of rotatable bonds is 3. The molecule has 4 heteroatoms. The van der Waals surface area contributed by atoms with Crippen LogP contribution in [0.5, 0.6) is 5.75 Å².